The number of carbonyl (C=O) groups excluding carboxylic acids is 1. The molecule has 0 aliphatic carbocycles. The van der Waals surface area contributed by atoms with Crippen LogP contribution >= 0.6 is 0 Å². The predicted octanol–water partition coefficient (Wildman–Crippen LogP) is 0.766. The number of fused-ring (bicyclic) bond motifs is 1. The molecule has 2 atom stereocenters. The third-order valence-corrected chi connectivity index (χ3v) is 3.16. The fraction of sp³-hybridized carbons (Fsp3) is 0.385. The zero-order valence-corrected chi connectivity index (χ0v) is 10.2. The molecule has 96 valence electrons. The summed E-state index contributed by atoms with van der Waals surface area (Å²) >= 11 is 0. The number of amides is 1. The highest BCUT2D eigenvalue weighted by Crippen LogP contribution is 2.31. The summed E-state index contributed by atoms with van der Waals surface area (Å²) in [6.45, 7) is 1.57. The lowest BCUT2D eigenvalue weighted by Gasteiger charge is -2.35. The van der Waals surface area contributed by atoms with Crippen molar-refractivity contribution < 1.29 is 14.7 Å². The normalized spacial score (nSPS) is 20.1. The summed E-state index contributed by atoms with van der Waals surface area (Å²) in [5.74, 6) is -1.34. The first-order valence-electron chi connectivity index (χ1n) is 5.91. The molecular formula is C13H16N2O3. The number of aliphatic carboxylic acids is 1. The van der Waals surface area contributed by atoms with E-state index < -0.39 is 18.1 Å². The Bertz CT molecular complexity index is 485. The molecule has 5 heteroatoms. The second kappa shape index (κ2) is 4.78. The summed E-state index contributed by atoms with van der Waals surface area (Å²) in [5, 5.41) is 9.23. The van der Waals surface area contributed by atoms with Gasteiger partial charge in [-0.05, 0) is 31.4 Å². The molecule has 1 aromatic carbocycles. The van der Waals surface area contributed by atoms with E-state index in [-0.39, 0.29) is 5.91 Å². The van der Waals surface area contributed by atoms with Gasteiger partial charge in [-0.3, -0.25) is 9.69 Å². The van der Waals surface area contributed by atoms with Gasteiger partial charge in [-0.1, -0.05) is 18.2 Å². The summed E-state index contributed by atoms with van der Waals surface area (Å²) in [6.07, 6.45) is 1.08. The van der Waals surface area contributed by atoms with E-state index in [4.69, 9.17) is 5.73 Å². The third kappa shape index (κ3) is 2.09. The molecule has 0 fully saturated rings. The Balaban J connectivity index is 2.47. The number of aryl methyl sites for hydroxylation is 1. The number of para-hydroxylation sites is 1. The van der Waals surface area contributed by atoms with Crippen LogP contribution < -0.4 is 10.6 Å². The van der Waals surface area contributed by atoms with Crippen LogP contribution in [0.5, 0.6) is 0 Å². The van der Waals surface area contributed by atoms with Crippen LogP contribution in [0.1, 0.15) is 18.9 Å². The number of carboxylic acids is 1. The van der Waals surface area contributed by atoms with Gasteiger partial charge in [0.2, 0.25) is 5.91 Å². The van der Waals surface area contributed by atoms with Crippen LogP contribution in [-0.2, 0) is 16.0 Å². The number of hydrogen-bond acceptors (Lipinski definition) is 3. The van der Waals surface area contributed by atoms with Crippen LogP contribution in [-0.4, -0.2) is 29.1 Å². The highest BCUT2D eigenvalue weighted by molar-refractivity contribution is 6.02. The molecule has 1 aliphatic rings. The van der Waals surface area contributed by atoms with E-state index in [1.165, 1.54) is 4.90 Å². The summed E-state index contributed by atoms with van der Waals surface area (Å²) in [7, 11) is 0. The van der Waals surface area contributed by atoms with Crippen molar-refractivity contribution in [3.8, 4) is 0 Å². The van der Waals surface area contributed by atoms with Gasteiger partial charge in [0.1, 0.15) is 6.04 Å². The number of nitrogens with zero attached hydrogens (tertiary/aromatic N) is 1. The van der Waals surface area contributed by atoms with Crippen LogP contribution in [0.2, 0.25) is 0 Å². The second-order valence-corrected chi connectivity index (χ2v) is 4.52. The Hall–Kier alpha value is -1.88. The standard InChI is InChI=1S/C13H16N2O3/c1-8(14)12(16)15-10-5-3-2-4-9(10)6-7-11(15)13(17)18/h2-5,8,11H,6-7,14H2,1H3,(H,17,18). The van der Waals surface area contributed by atoms with Gasteiger partial charge >= 0.3 is 5.97 Å². The quantitative estimate of drug-likeness (QED) is 0.809. The molecule has 0 spiro atoms. The minimum absolute atomic E-state index is 0.352. The average molecular weight is 248 g/mol. The lowest BCUT2D eigenvalue weighted by Crippen LogP contribution is -2.53. The van der Waals surface area contributed by atoms with E-state index in [0.717, 1.165) is 5.56 Å². The molecule has 1 amide bonds. The number of anilines is 1. The number of rotatable bonds is 2. The molecule has 2 rings (SSSR count). The first kappa shape index (κ1) is 12.6. The first-order valence-corrected chi connectivity index (χ1v) is 5.91. The summed E-state index contributed by atoms with van der Waals surface area (Å²) in [5.41, 5.74) is 7.26. The molecule has 0 saturated heterocycles. The zero-order chi connectivity index (χ0) is 13.3. The maximum absolute atomic E-state index is 12.1. The van der Waals surface area contributed by atoms with E-state index in [0.29, 0.717) is 18.5 Å². The van der Waals surface area contributed by atoms with Gasteiger partial charge in [0.15, 0.2) is 0 Å². The van der Waals surface area contributed by atoms with E-state index in [9.17, 15) is 14.7 Å². The van der Waals surface area contributed by atoms with Gasteiger partial charge in [0, 0.05) is 5.69 Å². The van der Waals surface area contributed by atoms with Crippen molar-refractivity contribution >= 4 is 17.6 Å². The van der Waals surface area contributed by atoms with E-state index in [1.54, 1.807) is 19.1 Å². The highest BCUT2D eigenvalue weighted by Gasteiger charge is 2.36. The van der Waals surface area contributed by atoms with Crippen molar-refractivity contribution in [1.82, 2.24) is 0 Å². The molecule has 18 heavy (non-hydrogen) atoms. The molecule has 3 N–H and O–H groups in total. The van der Waals surface area contributed by atoms with Crippen LogP contribution in [0.3, 0.4) is 0 Å². The second-order valence-electron chi connectivity index (χ2n) is 4.52. The molecule has 1 aromatic rings. The van der Waals surface area contributed by atoms with Crippen LogP contribution in [0, 0.1) is 0 Å². The van der Waals surface area contributed by atoms with Gasteiger partial charge in [0.25, 0.3) is 0 Å². The fourth-order valence-electron chi connectivity index (χ4n) is 2.27. The van der Waals surface area contributed by atoms with Crippen molar-refractivity contribution in [2.24, 2.45) is 5.73 Å². The summed E-state index contributed by atoms with van der Waals surface area (Å²) < 4.78 is 0. The molecule has 2 unspecified atom stereocenters. The van der Waals surface area contributed by atoms with Crippen molar-refractivity contribution in [2.75, 3.05) is 4.90 Å². The Morgan fingerprint density at radius 2 is 2.11 bits per heavy atom. The molecular weight excluding hydrogens is 232 g/mol. The van der Waals surface area contributed by atoms with Gasteiger partial charge in [0.05, 0.1) is 6.04 Å². The first-order chi connectivity index (χ1) is 8.52. The number of nitrogens with two attached hydrogens (primary N) is 1. The lowest BCUT2D eigenvalue weighted by molar-refractivity contribution is -0.140. The van der Waals surface area contributed by atoms with Gasteiger partial charge in [-0.15, -0.1) is 0 Å². The molecule has 0 bridgehead atoms. The van der Waals surface area contributed by atoms with Gasteiger partial charge in [-0.25, -0.2) is 4.79 Å². The Labute approximate surface area is 105 Å². The third-order valence-electron chi connectivity index (χ3n) is 3.16. The van der Waals surface area contributed by atoms with Crippen molar-refractivity contribution in [3.63, 3.8) is 0 Å². The van der Waals surface area contributed by atoms with Crippen LogP contribution in [0.15, 0.2) is 24.3 Å². The summed E-state index contributed by atoms with van der Waals surface area (Å²) in [4.78, 5) is 24.7. The average Bonchev–Trinajstić information content (AvgIpc) is 2.36. The maximum atomic E-state index is 12.1. The monoisotopic (exact) mass is 248 g/mol. The molecule has 0 saturated carbocycles. The minimum Gasteiger partial charge on any atom is -0.480 e. The largest absolute Gasteiger partial charge is 0.480 e. The summed E-state index contributed by atoms with van der Waals surface area (Å²) in [6, 6.07) is 5.83. The van der Waals surface area contributed by atoms with Crippen LogP contribution in [0.25, 0.3) is 0 Å². The van der Waals surface area contributed by atoms with Gasteiger partial charge < -0.3 is 10.8 Å². The topological polar surface area (TPSA) is 83.6 Å². The van der Waals surface area contributed by atoms with Gasteiger partial charge in [-0.2, -0.15) is 0 Å². The predicted molar refractivity (Wildman–Crippen MR) is 67.3 cm³/mol. The molecule has 0 aromatic heterocycles. The fourth-order valence-corrected chi connectivity index (χ4v) is 2.27. The maximum Gasteiger partial charge on any atom is 0.326 e. The van der Waals surface area contributed by atoms with Crippen molar-refractivity contribution in [1.29, 1.82) is 0 Å². The van der Waals surface area contributed by atoms with Crippen molar-refractivity contribution in [3.05, 3.63) is 29.8 Å². The lowest BCUT2D eigenvalue weighted by atomic mass is 9.95. The Morgan fingerprint density at radius 3 is 2.72 bits per heavy atom. The number of carboxylic acid groups (broad SMARTS) is 1. The zero-order valence-electron chi connectivity index (χ0n) is 10.2. The Kier molecular flexibility index (Phi) is 3.34. The van der Waals surface area contributed by atoms with E-state index >= 15 is 0 Å². The Morgan fingerprint density at radius 1 is 1.44 bits per heavy atom. The van der Waals surface area contributed by atoms with Crippen molar-refractivity contribution in [2.45, 2.75) is 31.8 Å². The molecule has 1 aliphatic heterocycles. The SMILES string of the molecule is CC(N)C(=O)N1c2ccccc2CCC1C(=O)O. The van der Waals surface area contributed by atoms with E-state index in [1.807, 2.05) is 12.1 Å². The number of benzene rings is 1. The molecule has 1 heterocycles. The smallest absolute Gasteiger partial charge is 0.326 e. The molecule has 5 nitrogen and oxygen atoms in total. The molecule has 0 radical (unpaired) electrons. The highest BCUT2D eigenvalue weighted by atomic mass is 16.4. The number of carbonyl (C=O) groups is 2. The van der Waals surface area contributed by atoms with E-state index in [2.05, 4.69) is 0 Å². The number of hydrogen-bond donors (Lipinski definition) is 2. The van der Waals surface area contributed by atoms with Crippen LogP contribution in [0.4, 0.5) is 5.69 Å². The minimum atomic E-state index is -0.987.